The number of aromatic nitrogens is 3. The molecule has 0 saturated carbocycles. The van der Waals surface area contributed by atoms with E-state index in [1.165, 1.54) is 11.3 Å². The van der Waals surface area contributed by atoms with Gasteiger partial charge in [0.15, 0.2) is 5.13 Å². The van der Waals surface area contributed by atoms with Gasteiger partial charge in [-0.1, -0.05) is 11.3 Å². The molecule has 1 aliphatic heterocycles. The molecule has 13 heteroatoms. The van der Waals surface area contributed by atoms with Crippen LogP contribution >= 0.6 is 11.3 Å². The second kappa shape index (κ2) is 11.2. The summed E-state index contributed by atoms with van der Waals surface area (Å²) in [5.41, 5.74) is 1.18. The normalized spacial score (nSPS) is 14.3. The number of hydrogen-bond donors (Lipinski definition) is 3. The van der Waals surface area contributed by atoms with Gasteiger partial charge in [-0.2, -0.15) is 13.2 Å². The second-order valence-corrected chi connectivity index (χ2v) is 8.71. The summed E-state index contributed by atoms with van der Waals surface area (Å²) >= 11 is 1.39. The van der Waals surface area contributed by atoms with E-state index in [4.69, 9.17) is 4.74 Å². The average Bonchev–Trinajstić information content (AvgIpc) is 3.34. The van der Waals surface area contributed by atoms with Crippen molar-refractivity contribution in [1.29, 1.82) is 0 Å². The summed E-state index contributed by atoms with van der Waals surface area (Å²) in [5.74, 6) is -0.160. The van der Waals surface area contributed by atoms with E-state index in [9.17, 15) is 23.4 Å². The van der Waals surface area contributed by atoms with E-state index in [0.717, 1.165) is 28.4 Å². The first-order valence-electron chi connectivity index (χ1n) is 11.0. The van der Waals surface area contributed by atoms with Crippen LogP contribution in [0.25, 0.3) is 10.4 Å². The van der Waals surface area contributed by atoms with E-state index >= 15 is 0 Å². The topological polar surface area (TPSA) is 107 Å². The monoisotopic (exact) mass is 510 g/mol. The summed E-state index contributed by atoms with van der Waals surface area (Å²) in [5, 5.41) is 22.2. The summed E-state index contributed by atoms with van der Waals surface area (Å²) in [4.78, 5) is 16.7. The molecule has 3 N–H and O–H groups in total. The van der Waals surface area contributed by atoms with Crippen molar-refractivity contribution >= 4 is 33.8 Å². The number of anilines is 4. The lowest BCUT2D eigenvalue weighted by Crippen LogP contribution is -2.36. The molecule has 4 rings (SSSR count). The van der Waals surface area contributed by atoms with Crippen molar-refractivity contribution in [1.82, 2.24) is 15.0 Å². The van der Waals surface area contributed by atoms with Gasteiger partial charge < -0.3 is 30.1 Å². The number of nitrogens with one attached hydrogen (secondary N) is 1. The highest BCUT2D eigenvalue weighted by atomic mass is 32.1. The summed E-state index contributed by atoms with van der Waals surface area (Å²) < 4.78 is 44.7. The molecule has 3 heterocycles. The van der Waals surface area contributed by atoms with Crippen LogP contribution in [0, 0.1) is 0 Å². The minimum absolute atomic E-state index is 0.0769. The Morgan fingerprint density at radius 1 is 1.09 bits per heavy atom. The highest BCUT2D eigenvalue weighted by molar-refractivity contribution is 7.18. The lowest BCUT2D eigenvalue weighted by atomic mass is 10.1. The van der Waals surface area contributed by atoms with Crippen LogP contribution in [0.3, 0.4) is 0 Å². The Bertz CT molecular complexity index is 1120. The number of morpholine rings is 1. The molecule has 0 radical (unpaired) electrons. The van der Waals surface area contributed by atoms with Crippen molar-refractivity contribution in [3.8, 4) is 10.4 Å². The number of halogens is 3. The zero-order valence-corrected chi connectivity index (χ0v) is 19.5. The summed E-state index contributed by atoms with van der Waals surface area (Å²) in [6, 6.07) is 6.45. The number of benzene rings is 1. The zero-order chi connectivity index (χ0) is 24.8. The lowest BCUT2D eigenvalue weighted by molar-refractivity contribution is -0.141. The van der Waals surface area contributed by atoms with E-state index in [2.05, 4.69) is 25.2 Å². The van der Waals surface area contributed by atoms with Gasteiger partial charge >= 0.3 is 6.18 Å². The third kappa shape index (κ3) is 6.36. The molecule has 188 valence electrons. The Kier molecular flexibility index (Phi) is 8.00. The maximum absolute atomic E-state index is 13.1. The molecule has 35 heavy (non-hydrogen) atoms. The van der Waals surface area contributed by atoms with Crippen molar-refractivity contribution in [2.45, 2.75) is 6.18 Å². The van der Waals surface area contributed by atoms with Gasteiger partial charge in [-0.05, 0) is 29.8 Å². The van der Waals surface area contributed by atoms with Gasteiger partial charge in [-0.15, -0.1) is 0 Å². The van der Waals surface area contributed by atoms with Gasteiger partial charge in [-0.3, -0.25) is 0 Å². The number of nitrogens with zero attached hydrogens (tertiary/aromatic N) is 5. The Morgan fingerprint density at radius 2 is 1.83 bits per heavy atom. The third-order valence-corrected chi connectivity index (χ3v) is 6.39. The average molecular weight is 511 g/mol. The molecular formula is C22H25F3N6O3S. The van der Waals surface area contributed by atoms with Crippen molar-refractivity contribution in [2.24, 2.45) is 0 Å². The molecule has 3 aromatic rings. The molecule has 0 amide bonds. The Hall–Kier alpha value is -3.00. The van der Waals surface area contributed by atoms with Gasteiger partial charge in [0.05, 0.1) is 31.3 Å². The second-order valence-electron chi connectivity index (χ2n) is 7.70. The van der Waals surface area contributed by atoms with E-state index < -0.39 is 11.9 Å². The Morgan fingerprint density at radius 3 is 2.51 bits per heavy atom. The fourth-order valence-electron chi connectivity index (χ4n) is 3.62. The largest absolute Gasteiger partial charge is 0.433 e. The van der Waals surface area contributed by atoms with Crippen LogP contribution in [0.15, 0.2) is 36.7 Å². The molecule has 1 saturated heterocycles. The van der Waals surface area contributed by atoms with Gasteiger partial charge in [0.25, 0.3) is 0 Å². The van der Waals surface area contributed by atoms with E-state index in [0.29, 0.717) is 50.2 Å². The molecule has 1 fully saturated rings. The molecular weight excluding hydrogens is 485 g/mol. The lowest BCUT2D eigenvalue weighted by Gasteiger charge is -2.29. The van der Waals surface area contributed by atoms with Crippen LogP contribution in [0.1, 0.15) is 5.69 Å². The fraction of sp³-hybridized carbons (Fsp3) is 0.409. The summed E-state index contributed by atoms with van der Waals surface area (Å²) in [6.45, 7) is 3.02. The number of ether oxygens (including phenoxy) is 1. The first kappa shape index (κ1) is 25.1. The molecule has 9 nitrogen and oxygen atoms in total. The van der Waals surface area contributed by atoms with Crippen LogP contribution in [0.5, 0.6) is 0 Å². The molecule has 0 atom stereocenters. The predicted octanol–water partition coefficient (Wildman–Crippen LogP) is 2.99. The smallest absolute Gasteiger partial charge is 0.395 e. The quantitative estimate of drug-likeness (QED) is 0.401. The van der Waals surface area contributed by atoms with Crippen molar-refractivity contribution < 1.29 is 28.1 Å². The molecule has 1 aliphatic rings. The highest BCUT2D eigenvalue weighted by Gasteiger charge is 2.32. The van der Waals surface area contributed by atoms with Crippen LogP contribution in [0.2, 0.25) is 0 Å². The third-order valence-electron chi connectivity index (χ3n) is 5.28. The number of alkyl halides is 3. The summed E-state index contributed by atoms with van der Waals surface area (Å²) in [7, 11) is 0. The van der Waals surface area contributed by atoms with Crippen molar-refractivity contribution in [3.63, 3.8) is 0 Å². The van der Waals surface area contributed by atoms with Crippen LogP contribution < -0.4 is 15.1 Å². The van der Waals surface area contributed by atoms with Gasteiger partial charge in [0.1, 0.15) is 5.69 Å². The minimum atomic E-state index is -4.58. The number of aliphatic hydroxyl groups is 2. The van der Waals surface area contributed by atoms with E-state index in [1.54, 1.807) is 17.2 Å². The predicted molar refractivity (Wildman–Crippen MR) is 127 cm³/mol. The molecule has 0 spiro atoms. The van der Waals surface area contributed by atoms with E-state index in [1.807, 2.05) is 12.1 Å². The molecule has 1 aromatic carbocycles. The maximum Gasteiger partial charge on any atom is 0.433 e. The molecule has 0 aliphatic carbocycles. The van der Waals surface area contributed by atoms with Crippen molar-refractivity contribution in [3.05, 3.63) is 42.4 Å². The number of hydrogen-bond acceptors (Lipinski definition) is 10. The van der Waals surface area contributed by atoms with Crippen molar-refractivity contribution in [2.75, 3.05) is 67.7 Å². The first-order valence-corrected chi connectivity index (χ1v) is 11.8. The summed E-state index contributed by atoms with van der Waals surface area (Å²) in [6.07, 6.45) is -1.81. The Labute approximate surface area is 203 Å². The van der Waals surface area contributed by atoms with Gasteiger partial charge in [0.2, 0.25) is 5.95 Å². The number of rotatable bonds is 9. The van der Waals surface area contributed by atoms with Crippen LogP contribution in [0.4, 0.5) is 35.6 Å². The zero-order valence-electron chi connectivity index (χ0n) is 18.7. The molecule has 0 bridgehead atoms. The fourth-order valence-corrected chi connectivity index (χ4v) is 4.58. The SMILES string of the molecule is OCCN(CCO)c1ncc(-c2cc(Nc3nccc(C(F)(F)F)n3)cc(N3CCOCC3)c2)s1. The molecule has 0 unspecified atom stereocenters. The van der Waals surface area contributed by atoms with Crippen LogP contribution in [-0.4, -0.2) is 77.8 Å². The maximum atomic E-state index is 13.1. The number of thiazole rings is 1. The highest BCUT2D eigenvalue weighted by Crippen LogP contribution is 2.36. The standard InChI is InChI=1S/C22H25F3N6O3S/c23-22(24,25)19-1-2-26-20(29-19)28-16-11-15(12-17(13-16)30-5-9-34-10-6-30)18-14-27-21(35-18)31(3-7-32)4-8-33/h1-2,11-14,32-33H,3-10H2,(H,26,28,29). The first-order chi connectivity index (χ1) is 16.9. The molecule has 2 aromatic heterocycles. The minimum Gasteiger partial charge on any atom is -0.395 e. The number of aliphatic hydroxyl groups excluding tert-OH is 2. The van der Waals surface area contributed by atoms with Gasteiger partial charge in [0, 0.05) is 49.9 Å². The van der Waals surface area contributed by atoms with Crippen LogP contribution in [-0.2, 0) is 10.9 Å². The van der Waals surface area contributed by atoms with E-state index in [-0.39, 0.29) is 19.2 Å². The van der Waals surface area contributed by atoms with Gasteiger partial charge in [-0.25, -0.2) is 15.0 Å². The Balaban J connectivity index is 1.68.